The molecule has 0 aromatic rings. The SMILES string of the molecule is C=CC(C)CCO[CH]C. The molecule has 1 atom stereocenters. The predicted molar refractivity (Wildman–Crippen MR) is 39.9 cm³/mol. The van der Waals surface area contributed by atoms with Gasteiger partial charge in [-0.3, -0.25) is 0 Å². The van der Waals surface area contributed by atoms with Crippen LogP contribution in [0.25, 0.3) is 0 Å². The molecule has 0 aromatic heterocycles. The molecule has 0 aliphatic heterocycles. The molecular formula is C8H15O. The molecule has 1 nitrogen and oxygen atoms in total. The van der Waals surface area contributed by atoms with Crippen LogP contribution in [0.4, 0.5) is 0 Å². The molecule has 1 unspecified atom stereocenters. The molecular weight excluding hydrogens is 112 g/mol. The molecule has 0 fully saturated rings. The molecule has 0 spiro atoms. The molecule has 9 heavy (non-hydrogen) atoms. The van der Waals surface area contributed by atoms with E-state index in [1.165, 1.54) is 0 Å². The van der Waals surface area contributed by atoms with Crippen molar-refractivity contribution in [2.45, 2.75) is 20.3 Å². The van der Waals surface area contributed by atoms with Crippen molar-refractivity contribution in [3.05, 3.63) is 19.3 Å². The van der Waals surface area contributed by atoms with Crippen molar-refractivity contribution in [2.75, 3.05) is 6.61 Å². The van der Waals surface area contributed by atoms with Crippen molar-refractivity contribution in [3.63, 3.8) is 0 Å². The predicted octanol–water partition coefficient (Wildman–Crippen LogP) is 2.40. The maximum atomic E-state index is 5.03. The molecule has 1 heteroatoms. The molecule has 0 heterocycles. The Morgan fingerprint density at radius 1 is 1.67 bits per heavy atom. The molecule has 1 radical (unpaired) electrons. The summed E-state index contributed by atoms with van der Waals surface area (Å²) in [6, 6.07) is 0. The Kier molecular flexibility index (Phi) is 5.64. The van der Waals surface area contributed by atoms with Gasteiger partial charge in [0.25, 0.3) is 0 Å². The zero-order valence-corrected chi connectivity index (χ0v) is 6.26. The van der Waals surface area contributed by atoms with Crippen molar-refractivity contribution in [3.8, 4) is 0 Å². The van der Waals surface area contributed by atoms with Crippen molar-refractivity contribution in [1.82, 2.24) is 0 Å². The Hall–Kier alpha value is -0.300. The normalized spacial score (nSPS) is 13.1. The number of ether oxygens (including phenoxy) is 1. The smallest absolute Gasteiger partial charge is 0.0805 e. The summed E-state index contributed by atoms with van der Waals surface area (Å²) in [5.74, 6) is 0.574. The van der Waals surface area contributed by atoms with Crippen LogP contribution < -0.4 is 0 Å². The minimum atomic E-state index is 0.574. The number of hydrogen-bond donors (Lipinski definition) is 0. The average molecular weight is 127 g/mol. The second-order valence-corrected chi connectivity index (χ2v) is 2.11. The topological polar surface area (TPSA) is 9.23 Å². The second kappa shape index (κ2) is 5.83. The largest absolute Gasteiger partial charge is 0.376 e. The van der Waals surface area contributed by atoms with E-state index in [0.717, 1.165) is 13.0 Å². The lowest BCUT2D eigenvalue weighted by Crippen LogP contribution is -1.96. The van der Waals surface area contributed by atoms with Gasteiger partial charge in [-0.1, -0.05) is 13.0 Å². The van der Waals surface area contributed by atoms with Gasteiger partial charge < -0.3 is 4.74 Å². The van der Waals surface area contributed by atoms with Crippen molar-refractivity contribution >= 4 is 0 Å². The minimum absolute atomic E-state index is 0.574. The maximum Gasteiger partial charge on any atom is 0.0805 e. The first-order valence-corrected chi connectivity index (χ1v) is 3.33. The molecule has 0 aliphatic carbocycles. The second-order valence-electron chi connectivity index (χ2n) is 2.11. The van der Waals surface area contributed by atoms with E-state index in [1.807, 2.05) is 13.0 Å². The van der Waals surface area contributed by atoms with E-state index in [9.17, 15) is 0 Å². The molecule has 0 amide bonds. The average Bonchev–Trinajstić information content (AvgIpc) is 1.89. The number of allylic oxidation sites excluding steroid dienone is 1. The third-order valence-electron chi connectivity index (χ3n) is 1.26. The van der Waals surface area contributed by atoms with E-state index in [4.69, 9.17) is 4.74 Å². The Bertz CT molecular complexity index is 69.0. The van der Waals surface area contributed by atoms with E-state index < -0.39 is 0 Å². The van der Waals surface area contributed by atoms with E-state index in [-0.39, 0.29) is 0 Å². The molecule has 0 aliphatic rings. The van der Waals surface area contributed by atoms with Crippen LogP contribution in [0.2, 0.25) is 0 Å². The van der Waals surface area contributed by atoms with Crippen LogP contribution in [0.15, 0.2) is 12.7 Å². The van der Waals surface area contributed by atoms with E-state index in [2.05, 4.69) is 13.5 Å². The van der Waals surface area contributed by atoms with Gasteiger partial charge in [-0.05, 0) is 19.3 Å². The van der Waals surface area contributed by atoms with Crippen LogP contribution in [0.1, 0.15) is 20.3 Å². The lowest BCUT2D eigenvalue weighted by Gasteiger charge is -2.03. The van der Waals surface area contributed by atoms with E-state index in [1.54, 1.807) is 6.61 Å². The summed E-state index contributed by atoms with van der Waals surface area (Å²) in [7, 11) is 0. The lowest BCUT2D eigenvalue weighted by atomic mass is 10.1. The highest BCUT2D eigenvalue weighted by molar-refractivity contribution is 4.74. The fourth-order valence-electron chi connectivity index (χ4n) is 0.490. The summed E-state index contributed by atoms with van der Waals surface area (Å²) in [5.41, 5.74) is 0. The summed E-state index contributed by atoms with van der Waals surface area (Å²) < 4.78 is 5.03. The molecule has 0 saturated carbocycles. The summed E-state index contributed by atoms with van der Waals surface area (Å²) in [6.45, 7) is 10.2. The van der Waals surface area contributed by atoms with Crippen LogP contribution in [0, 0.1) is 12.5 Å². The fourth-order valence-corrected chi connectivity index (χ4v) is 0.490. The summed E-state index contributed by atoms with van der Waals surface area (Å²) in [5, 5.41) is 0. The Balaban J connectivity index is 2.96. The lowest BCUT2D eigenvalue weighted by molar-refractivity contribution is 0.192. The highest BCUT2D eigenvalue weighted by Crippen LogP contribution is 2.01. The zero-order chi connectivity index (χ0) is 7.11. The maximum absolute atomic E-state index is 5.03. The van der Waals surface area contributed by atoms with Gasteiger partial charge in [0.15, 0.2) is 0 Å². The van der Waals surface area contributed by atoms with Crippen molar-refractivity contribution < 1.29 is 4.74 Å². The number of rotatable bonds is 5. The van der Waals surface area contributed by atoms with Gasteiger partial charge in [0.2, 0.25) is 0 Å². The first kappa shape index (κ1) is 8.70. The van der Waals surface area contributed by atoms with Gasteiger partial charge in [0, 0.05) is 6.61 Å². The number of hydrogen-bond acceptors (Lipinski definition) is 1. The highest BCUT2D eigenvalue weighted by atomic mass is 16.5. The third kappa shape index (κ3) is 5.57. The van der Waals surface area contributed by atoms with E-state index >= 15 is 0 Å². The van der Waals surface area contributed by atoms with Crippen LogP contribution >= 0.6 is 0 Å². The monoisotopic (exact) mass is 127 g/mol. The Labute approximate surface area is 57.7 Å². The first-order chi connectivity index (χ1) is 4.31. The molecule has 0 bridgehead atoms. The molecule has 0 saturated heterocycles. The van der Waals surface area contributed by atoms with Crippen LogP contribution in [0.3, 0.4) is 0 Å². The summed E-state index contributed by atoms with van der Waals surface area (Å²) >= 11 is 0. The van der Waals surface area contributed by atoms with Crippen LogP contribution in [-0.4, -0.2) is 6.61 Å². The van der Waals surface area contributed by atoms with Gasteiger partial charge in [0.1, 0.15) is 0 Å². The van der Waals surface area contributed by atoms with Gasteiger partial charge in [-0.15, -0.1) is 6.58 Å². The van der Waals surface area contributed by atoms with Gasteiger partial charge in [-0.25, -0.2) is 0 Å². The van der Waals surface area contributed by atoms with Gasteiger partial charge in [-0.2, -0.15) is 0 Å². The quantitative estimate of drug-likeness (QED) is 0.407. The summed E-state index contributed by atoms with van der Waals surface area (Å²) in [6.07, 6.45) is 3.01. The molecule has 0 N–H and O–H groups in total. The fraction of sp³-hybridized carbons (Fsp3) is 0.625. The van der Waals surface area contributed by atoms with Crippen LogP contribution in [0.5, 0.6) is 0 Å². The van der Waals surface area contributed by atoms with Crippen LogP contribution in [-0.2, 0) is 4.74 Å². The third-order valence-corrected chi connectivity index (χ3v) is 1.26. The molecule has 0 rings (SSSR count). The minimum Gasteiger partial charge on any atom is -0.376 e. The Morgan fingerprint density at radius 3 is 2.78 bits per heavy atom. The molecule has 0 aromatic carbocycles. The van der Waals surface area contributed by atoms with Gasteiger partial charge in [0.05, 0.1) is 6.61 Å². The summed E-state index contributed by atoms with van der Waals surface area (Å²) in [4.78, 5) is 0. The van der Waals surface area contributed by atoms with Crippen molar-refractivity contribution in [2.24, 2.45) is 5.92 Å². The van der Waals surface area contributed by atoms with Crippen molar-refractivity contribution in [1.29, 1.82) is 0 Å². The van der Waals surface area contributed by atoms with E-state index in [0.29, 0.717) is 5.92 Å². The first-order valence-electron chi connectivity index (χ1n) is 3.33. The zero-order valence-electron chi connectivity index (χ0n) is 6.26. The molecule has 53 valence electrons. The van der Waals surface area contributed by atoms with Gasteiger partial charge >= 0.3 is 0 Å². The standard InChI is InChI=1S/C8H15O/c1-4-8(3)6-7-9-5-2/h4-5,8H,1,6-7H2,2-3H3. The Morgan fingerprint density at radius 2 is 2.33 bits per heavy atom. The highest BCUT2D eigenvalue weighted by Gasteiger charge is 1.93.